The van der Waals surface area contributed by atoms with Crippen LogP contribution in [0.5, 0.6) is 5.75 Å². The summed E-state index contributed by atoms with van der Waals surface area (Å²) in [5.74, 6) is 1.86. The van der Waals surface area contributed by atoms with Gasteiger partial charge in [0.05, 0.1) is 23.7 Å². The van der Waals surface area contributed by atoms with Crippen molar-refractivity contribution in [3.63, 3.8) is 0 Å². The molecular weight excluding hydrogens is 516 g/mol. The first kappa shape index (κ1) is 25.3. The van der Waals surface area contributed by atoms with E-state index in [1.165, 1.54) is 0 Å². The van der Waals surface area contributed by atoms with Gasteiger partial charge < -0.3 is 20.8 Å². The first-order valence-corrected chi connectivity index (χ1v) is 14.5. The molecule has 11 nitrogen and oxygen atoms in total. The molecule has 2 aliphatic rings. The van der Waals surface area contributed by atoms with Crippen LogP contribution in [0.2, 0.25) is 0 Å². The van der Waals surface area contributed by atoms with E-state index in [0.29, 0.717) is 53.5 Å². The number of piperidine rings is 1. The van der Waals surface area contributed by atoms with Gasteiger partial charge in [-0.1, -0.05) is 30.3 Å². The number of hydrogen-bond acceptors (Lipinski definition) is 9. The van der Waals surface area contributed by atoms with E-state index in [-0.39, 0.29) is 11.3 Å². The number of pyridine rings is 1. The molecule has 0 bridgehead atoms. The highest BCUT2D eigenvalue weighted by molar-refractivity contribution is 7.90. The van der Waals surface area contributed by atoms with Crippen molar-refractivity contribution in [2.45, 2.75) is 37.0 Å². The molecule has 0 radical (unpaired) electrons. The van der Waals surface area contributed by atoms with Crippen LogP contribution in [0.15, 0.2) is 54.9 Å². The molecule has 0 amide bonds. The van der Waals surface area contributed by atoms with Crippen LogP contribution in [0, 0.1) is 0 Å². The second-order valence-electron chi connectivity index (χ2n) is 9.84. The second kappa shape index (κ2) is 10.3. The van der Waals surface area contributed by atoms with Gasteiger partial charge in [-0.15, -0.1) is 0 Å². The number of anilines is 2. The average molecular weight is 547 g/mol. The van der Waals surface area contributed by atoms with E-state index in [0.717, 1.165) is 36.8 Å². The van der Waals surface area contributed by atoms with Crippen LogP contribution < -0.4 is 15.8 Å². The highest BCUT2D eigenvalue weighted by atomic mass is 32.2. The summed E-state index contributed by atoms with van der Waals surface area (Å²) in [5.41, 5.74) is 9.56. The predicted molar refractivity (Wildman–Crippen MR) is 149 cm³/mol. The quantitative estimate of drug-likeness (QED) is 0.301. The number of benzene rings is 1. The molecule has 12 heteroatoms. The number of H-pyrrole nitrogens is 1. The van der Waals surface area contributed by atoms with Gasteiger partial charge in [0.2, 0.25) is 16.0 Å². The molecular formula is C27H30N8O3S. The maximum absolute atomic E-state index is 12.8. The molecule has 4 N–H and O–H groups in total. The lowest BCUT2D eigenvalue weighted by Gasteiger charge is -2.32. The Bertz CT molecular complexity index is 1590. The van der Waals surface area contributed by atoms with Crippen molar-refractivity contribution in [2.24, 2.45) is 0 Å². The zero-order valence-electron chi connectivity index (χ0n) is 21.5. The standard InChI is InChI=1S/C27H30N8O3S/c1-38-22-14-18(15-30-25(22)28)23-24(34-26(33-23)17-6-3-2-4-7-17)21-11-12-29-27(32-21)31-19-8-5-13-35(16-19)39(36,37)20-9-10-20/h2-4,6-7,11-12,14-15,19-20H,5,8-10,13,16H2,1H3,(H2,28,30)(H,33,34)(H,29,31,32). The van der Waals surface area contributed by atoms with Crippen LogP contribution in [0.25, 0.3) is 34.0 Å². The lowest BCUT2D eigenvalue weighted by molar-refractivity contribution is 0.326. The van der Waals surface area contributed by atoms with E-state index < -0.39 is 10.0 Å². The Morgan fingerprint density at radius 3 is 2.67 bits per heavy atom. The van der Waals surface area contributed by atoms with Crippen LogP contribution in [0.1, 0.15) is 25.7 Å². The molecule has 1 saturated heterocycles. The molecule has 202 valence electrons. The smallest absolute Gasteiger partial charge is 0.223 e. The molecule has 1 unspecified atom stereocenters. The van der Waals surface area contributed by atoms with Gasteiger partial charge in [-0.3, -0.25) is 0 Å². The van der Waals surface area contributed by atoms with E-state index in [9.17, 15) is 8.42 Å². The molecule has 1 atom stereocenters. The number of aromatic amines is 1. The SMILES string of the molecule is COc1cc(-c2[nH]c(-c3ccccc3)nc2-c2ccnc(NC3CCCN(S(=O)(=O)C4CC4)C3)n2)cnc1N. The number of rotatable bonds is 8. The summed E-state index contributed by atoms with van der Waals surface area (Å²) >= 11 is 0. The third kappa shape index (κ3) is 5.17. The van der Waals surface area contributed by atoms with Crippen LogP contribution in [-0.4, -0.2) is 69.1 Å². The fraction of sp³-hybridized carbons (Fsp3) is 0.333. The zero-order valence-corrected chi connectivity index (χ0v) is 22.4. The lowest BCUT2D eigenvalue weighted by atomic mass is 10.1. The summed E-state index contributed by atoms with van der Waals surface area (Å²) in [6.45, 7) is 0.977. The number of sulfonamides is 1. The van der Waals surface area contributed by atoms with Gasteiger partial charge in [-0.05, 0) is 37.8 Å². The minimum atomic E-state index is -3.22. The fourth-order valence-electron chi connectivity index (χ4n) is 4.87. The van der Waals surface area contributed by atoms with Crippen molar-refractivity contribution in [1.29, 1.82) is 0 Å². The van der Waals surface area contributed by atoms with Crippen molar-refractivity contribution in [1.82, 2.24) is 29.2 Å². The van der Waals surface area contributed by atoms with Gasteiger partial charge >= 0.3 is 0 Å². The predicted octanol–water partition coefficient (Wildman–Crippen LogP) is 3.56. The first-order chi connectivity index (χ1) is 18.9. The number of nitrogens with two attached hydrogens (primary N) is 1. The Morgan fingerprint density at radius 1 is 1.08 bits per heavy atom. The number of methoxy groups -OCH3 is 1. The largest absolute Gasteiger partial charge is 0.493 e. The average Bonchev–Trinajstić information content (AvgIpc) is 3.74. The van der Waals surface area contributed by atoms with Gasteiger partial charge in [-0.2, -0.15) is 4.31 Å². The normalized spacial score (nSPS) is 18.1. The van der Waals surface area contributed by atoms with Gasteiger partial charge in [0, 0.05) is 42.7 Å². The number of aromatic nitrogens is 5. The Balaban J connectivity index is 1.33. The number of nitrogens with zero attached hydrogens (tertiary/aromatic N) is 5. The second-order valence-corrected chi connectivity index (χ2v) is 12.1. The molecule has 4 aromatic rings. The molecule has 1 aliphatic carbocycles. The van der Waals surface area contributed by atoms with E-state index in [1.807, 2.05) is 36.4 Å². The third-order valence-electron chi connectivity index (χ3n) is 7.06. The maximum Gasteiger partial charge on any atom is 0.223 e. The Hall–Kier alpha value is -4.03. The van der Waals surface area contributed by atoms with E-state index in [2.05, 4.69) is 20.3 Å². The summed E-state index contributed by atoms with van der Waals surface area (Å²) in [4.78, 5) is 21.8. The summed E-state index contributed by atoms with van der Waals surface area (Å²) in [6.07, 6.45) is 6.49. The van der Waals surface area contributed by atoms with Crippen molar-refractivity contribution >= 4 is 21.8 Å². The van der Waals surface area contributed by atoms with Gasteiger partial charge in [-0.25, -0.2) is 28.4 Å². The first-order valence-electron chi connectivity index (χ1n) is 13.0. The van der Waals surface area contributed by atoms with Crippen molar-refractivity contribution in [2.75, 3.05) is 31.2 Å². The molecule has 1 aromatic carbocycles. The van der Waals surface area contributed by atoms with Crippen molar-refractivity contribution in [3.8, 4) is 39.8 Å². The Morgan fingerprint density at radius 2 is 1.90 bits per heavy atom. The summed E-state index contributed by atoms with van der Waals surface area (Å²) in [7, 11) is -1.67. The summed E-state index contributed by atoms with van der Waals surface area (Å²) in [5, 5.41) is 3.15. The van der Waals surface area contributed by atoms with Crippen molar-refractivity contribution < 1.29 is 13.2 Å². The van der Waals surface area contributed by atoms with Gasteiger partial charge in [0.15, 0.2) is 11.6 Å². The molecule has 1 saturated carbocycles. The third-order valence-corrected chi connectivity index (χ3v) is 9.43. The van der Waals surface area contributed by atoms with Crippen LogP contribution in [-0.2, 0) is 10.0 Å². The molecule has 4 heterocycles. The van der Waals surface area contributed by atoms with Crippen LogP contribution in [0.3, 0.4) is 0 Å². The summed E-state index contributed by atoms with van der Waals surface area (Å²) < 4.78 is 32.6. The van der Waals surface area contributed by atoms with E-state index in [4.69, 9.17) is 20.4 Å². The molecule has 2 fully saturated rings. The van der Waals surface area contributed by atoms with E-state index >= 15 is 0 Å². The Labute approximate surface area is 226 Å². The number of ether oxygens (including phenoxy) is 1. The molecule has 3 aromatic heterocycles. The fourth-order valence-corrected chi connectivity index (χ4v) is 6.79. The number of nitrogens with one attached hydrogen (secondary N) is 2. The maximum atomic E-state index is 12.8. The molecule has 39 heavy (non-hydrogen) atoms. The Kier molecular flexibility index (Phi) is 6.65. The monoisotopic (exact) mass is 546 g/mol. The summed E-state index contributed by atoms with van der Waals surface area (Å²) in [6, 6.07) is 13.3. The number of imidazole rings is 1. The zero-order chi connectivity index (χ0) is 27.0. The molecule has 1 aliphatic heterocycles. The highest BCUT2D eigenvalue weighted by Gasteiger charge is 2.41. The number of nitrogen functional groups attached to an aromatic ring is 1. The minimum absolute atomic E-state index is 0.0772. The molecule has 6 rings (SSSR count). The van der Waals surface area contributed by atoms with Gasteiger partial charge in [0.25, 0.3) is 0 Å². The van der Waals surface area contributed by atoms with E-state index in [1.54, 1.807) is 29.9 Å². The molecule has 0 spiro atoms. The van der Waals surface area contributed by atoms with Crippen molar-refractivity contribution in [3.05, 3.63) is 54.9 Å². The van der Waals surface area contributed by atoms with Crippen LogP contribution >= 0.6 is 0 Å². The minimum Gasteiger partial charge on any atom is -0.493 e. The van der Waals surface area contributed by atoms with Gasteiger partial charge in [0.1, 0.15) is 11.5 Å². The lowest BCUT2D eigenvalue weighted by Crippen LogP contribution is -2.46. The highest BCUT2D eigenvalue weighted by Crippen LogP contribution is 2.35. The topological polar surface area (TPSA) is 152 Å². The number of hydrogen-bond donors (Lipinski definition) is 3. The van der Waals surface area contributed by atoms with Crippen LogP contribution in [0.4, 0.5) is 11.8 Å².